The molecule has 3 N–H and O–H groups in total. The van der Waals surface area contributed by atoms with E-state index in [2.05, 4.69) is 27.7 Å². The number of anilines is 1. The minimum absolute atomic E-state index is 0.0220. The van der Waals surface area contributed by atoms with Crippen molar-refractivity contribution in [2.75, 3.05) is 25.0 Å². The van der Waals surface area contributed by atoms with E-state index in [-0.39, 0.29) is 11.8 Å². The predicted molar refractivity (Wildman–Crippen MR) is 120 cm³/mol. The number of hydrogen-bond acceptors (Lipinski definition) is 5. The van der Waals surface area contributed by atoms with Crippen LogP contribution in [0.15, 0.2) is 12.1 Å². The van der Waals surface area contributed by atoms with Crippen molar-refractivity contribution in [3.63, 3.8) is 0 Å². The summed E-state index contributed by atoms with van der Waals surface area (Å²) in [7, 11) is 0. The maximum Gasteiger partial charge on any atom is 0.326 e. The Bertz CT molecular complexity index is 776. The highest BCUT2D eigenvalue weighted by molar-refractivity contribution is 5.85. The Morgan fingerprint density at radius 2 is 2.00 bits per heavy atom. The monoisotopic (exact) mass is 428 g/mol. The van der Waals surface area contributed by atoms with E-state index >= 15 is 0 Å². The maximum absolute atomic E-state index is 12.2. The third kappa shape index (κ3) is 6.19. The second-order valence-corrected chi connectivity index (χ2v) is 9.38. The summed E-state index contributed by atoms with van der Waals surface area (Å²) in [6.45, 7) is 2.72. The molecule has 3 aliphatic rings. The number of nitrogens with one attached hydrogen (secondary N) is 2. The number of carboxylic acids is 1. The molecule has 2 heterocycles. The third-order valence-electron chi connectivity index (χ3n) is 6.94. The van der Waals surface area contributed by atoms with Gasteiger partial charge in [0.1, 0.15) is 11.9 Å². The van der Waals surface area contributed by atoms with Crippen LogP contribution in [-0.4, -0.2) is 58.6 Å². The lowest BCUT2D eigenvalue weighted by molar-refractivity contribution is -0.143. The Labute approximate surface area is 185 Å². The van der Waals surface area contributed by atoms with Crippen molar-refractivity contribution in [2.24, 2.45) is 5.92 Å². The number of aromatic nitrogens is 1. The molecule has 7 heteroatoms. The number of aliphatic carboxylic acids is 1. The molecule has 0 aromatic carbocycles. The molecule has 31 heavy (non-hydrogen) atoms. The zero-order chi connectivity index (χ0) is 21.6. The minimum Gasteiger partial charge on any atom is -0.480 e. The number of carbonyl (C=O) groups excluding carboxylic acids is 1. The van der Waals surface area contributed by atoms with Crippen LogP contribution in [0.25, 0.3) is 0 Å². The summed E-state index contributed by atoms with van der Waals surface area (Å²) in [5.74, 6) is 0.0833. The first-order valence-corrected chi connectivity index (χ1v) is 12.1. The summed E-state index contributed by atoms with van der Waals surface area (Å²) in [6, 6.07) is 4.18. The SMILES string of the molecule is O=C(NC(CCN(CCCCc1ccc2c(n1)NCCC2)C1CC1)C(=O)O)C1CCC1. The highest BCUT2D eigenvalue weighted by atomic mass is 16.4. The van der Waals surface area contributed by atoms with Gasteiger partial charge in [-0.15, -0.1) is 0 Å². The fourth-order valence-corrected chi connectivity index (χ4v) is 4.56. The van der Waals surface area contributed by atoms with Gasteiger partial charge in [0.2, 0.25) is 5.91 Å². The van der Waals surface area contributed by atoms with Crippen LogP contribution in [0.2, 0.25) is 0 Å². The third-order valence-corrected chi connectivity index (χ3v) is 6.94. The molecule has 2 fully saturated rings. The zero-order valence-corrected chi connectivity index (χ0v) is 18.4. The molecule has 0 spiro atoms. The normalized spacial score (nSPS) is 19.3. The first-order chi connectivity index (χ1) is 15.1. The molecule has 0 saturated heterocycles. The summed E-state index contributed by atoms with van der Waals surface area (Å²) >= 11 is 0. The Morgan fingerprint density at radius 1 is 1.16 bits per heavy atom. The molecular formula is C24H36N4O3. The summed E-state index contributed by atoms with van der Waals surface area (Å²) < 4.78 is 0. The number of carboxylic acid groups (broad SMARTS) is 1. The highest BCUT2D eigenvalue weighted by Crippen LogP contribution is 2.28. The Kier molecular flexibility index (Phi) is 7.43. The fraction of sp³-hybridized carbons (Fsp3) is 0.708. The van der Waals surface area contributed by atoms with E-state index in [9.17, 15) is 14.7 Å². The number of amides is 1. The first-order valence-electron chi connectivity index (χ1n) is 12.1. The number of rotatable bonds is 12. The molecule has 2 saturated carbocycles. The molecule has 1 aromatic heterocycles. The molecule has 0 bridgehead atoms. The van der Waals surface area contributed by atoms with E-state index in [4.69, 9.17) is 4.98 Å². The maximum atomic E-state index is 12.2. The van der Waals surface area contributed by atoms with Crippen molar-refractivity contribution in [3.05, 3.63) is 23.4 Å². The number of aryl methyl sites for hydroxylation is 2. The summed E-state index contributed by atoms with van der Waals surface area (Å²) in [6.07, 6.45) is 11.2. The molecule has 1 aromatic rings. The molecule has 2 aliphatic carbocycles. The Hall–Kier alpha value is -2.15. The first kappa shape index (κ1) is 22.1. The molecule has 1 amide bonds. The summed E-state index contributed by atoms with van der Waals surface area (Å²) in [5, 5.41) is 15.7. The van der Waals surface area contributed by atoms with Gasteiger partial charge in [-0.25, -0.2) is 9.78 Å². The lowest BCUT2D eigenvalue weighted by Gasteiger charge is -2.27. The van der Waals surface area contributed by atoms with Crippen molar-refractivity contribution in [1.82, 2.24) is 15.2 Å². The van der Waals surface area contributed by atoms with Gasteiger partial charge in [0, 0.05) is 30.7 Å². The molecule has 4 rings (SSSR count). The van der Waals surface area contributed by atoms with Gasteiger partial charge < -0.3 is 20.6 Å². The fourth-order valence-electron chi connectivity index (χ4n) is 4.56. The smallest absolute Gasteiger partial charge is 0.326 e. The number of nitrogens with zero attached hydrogens (tertiary/aromatic N) is 2. The molecule has 1 aliphatic heterocycles. The minimum atomic E-state index is -0.921. The van der Waals surface area contributed by atoms with Crippen molar-refractivity contribution < 1.29 is 14.7 Å². The second-order valence-electron chi connectivity index (χ2n) is 9.38. The Morgan fingerprint density at radius 3 is 2.71 bits per heavy atom. The van der Waals surface area contributed by atoms with Gasteiger partial charge in [-0.1, -0.05) is 12.5 Å². The zero-order valence-electron chi connectivity index (χ0n) is 18.4. The van der Waals surface area contributed by atoms with Gasteiger partial charge in [-0.05, 0) is 82.4 Å². The van der Waals surface area contributed by atoms with Crippen LogP contribution in [-0.2, 0) is 22.4 Å². The number of unbranched alkanes of at least 4 members (excludes halogenated alkanes) is 1. The number of carbonyl (C=O) groups is 2. The Balaban J connectivity index is 1.20. The number of fused-ring (bicyclic) bond motifs is 1. The van der Waals surface area contributed by atoms with Gasteiger partial charge >= 0.3 is 5.97 Å². The van der Waals surface area contributed by atoms with E-state index in [1.807, 2.05) is 0 Å². The molecule has 1 atom stereocenters. The van der Waals surface area contributed by atoms with Gasteiger partial charge in [-0.2, -0.15) is 0 Å². The van der Waals surface area contributed by atoms with Crippen LogP contribution in [0.4, 0.5) is 5.82 Å². The van der Waals surface area contributed by atoms with E-state index in [0.717, 1.165) is 76.1 Å². The van der Waals surface area contributed by atoms with Crippen LogP contribution in [0.5, 0.6) is 0 Å². The van der Waals surface area contributed by atoms with Gasteiger partial charge in [0.05, 0.1) is 0 Å². The molecule has 1 unspecified atom stereocenters. The van der Waals surface area contributed by atoms with Crippen LogP contribution in [0.1, 0.15) is 69.0 Å². The second kappa shape index (κ2) is 10.4. The van der Waals surface area contributed by atoms with Gasteiger partial charge in [0.15, 0.2) is 0 Å². The van der Waals surface area contributed by atoms with Gasteiger partial charge in [-0.3, -0.25) is 4.79 Å². The summed E-state index contributed by atoms with van der Waals surface area (Å²) in [5.41, 5.74) is 2.48. The number of pyridine rings is 1. The number of hydrogen-bond donors (Lipinski definition) is 3. The molecule has 7 nitrogen and oxygen atoms in total. The van der Waals surface area contributed by atoms with E-state index in [1.165, 1.54) is 24.8 Å². The van der Waals surface area contributed by atoms with Crippen molar-refractivity contribution >= 4 is 17.7 Å². The standard InChI is InChI=1S/C24H36N4O3/c29-23(18-5-3-6-18)27-21(24(30)31)13-16-28(20-11-12-20)15-2-1-8-19-10-9-17-7-4-14-25-22(17)26-19/h9-10,18,20-21H,1-8,11-16H2,(H,25,26)(H,27,29)(H,30,31). The molecule has 0 radical (unpaired) electrons. The van der Waals surface area contributed by atoms with Crippen LogP contribution < -0.4 is 10.6 Å². The van der Waals surface area contributed by atoms with Crippen LogP contribution in [0, 0.1) is 5.92 Å². The van der Waals surface area contributed by atoms with E-state index < -0.39 is 12.0 Å². The average Bonchev–Trinajstić information content (AvgIpc) is 3.56. The average molecular weight is 429 g/mol. The summed E-state index contributed by atoms with van der Waals surface area (Å²) in [4.78, 5) is 31.0. The van der Waals surface area contributed by atoms with Gasteiger partial charge in [0.25, 0.3) is 0 Å². The van der Waals surface area contributed by atoms with E-state index in [0.29, 0.717) is 12.5 Å². The highest BCUT2D eigenvalue weighted by Gasteiger charge is 2.32. The largest absolute Gasteiger partial charge is 0.480 e. The van der Waals surface area contributed by atoms with Crippen molar-refractivity contribution in [2.45, 2.75) is 82.7 Å². The van der Waals surface area contributed by atoms with Crippen LogP contribution >= 0.6 is 0 Å². The quantitative estimate of drug-likeness (QED) is 0.443. The van der Waals surface area contributed by atoms with Crippen molar-refractivity contribution in [3.8, 4) is 0 Å². The predicted octanol–water partition coefficient (Wildman–Crippen LogP) is 2.99. The molecule has 170 valence electrons. The van der Waals surface area contributed by atoms with Crippen LogP contribution in [0.3, 0.4) is 0 Å². The van der Waals surface area contributed by atoms with Crippen molar-refractivity contribution in [1.29, 1.82) is 0 Å². The topological polar surface area (TPSA) is 94.6 Å². The van der Waals surface area contributed by atoms with E-state index in [1.54, 1.807) is 0 Å². The lowest BCUT2D eigenvalue weighted by Crippen LogP contribution is -2.46. The molecular weight excluding hydrogens is 392 g/mol. The lowest BCUT2D eigenvalue weighted by atomic mass is 9.84.